The predicted molar refractivity (Wildman–Crippen MR) is 253 cm³/mol. The van der Waals surface area contributed by atoms with E-state index in [9.17, 15) is 27.6 Å². The molecule has 14 heteroatoms. The second kappa shape index (κ2) is 26.0. The van der Waals surface area contributed by atoms with Crippen LogP contribution in [0.15, 0.2) is 157 Å². The third-order valence-corrected chi connectivity index (χ3v) is 10.3. The van der Waals surface area contributed by atoms with Crippen LogP contribution in [0.1, 0.15) is 62.5 Å². The first-order valence-corrected chi connectivity index (χ1v) is 22.3. The lowest BCUT2D eigenvalue weighted by Gasteiger charge is -2.40. The Morgan fingerprint density at radius 1 is 0.738 bits per heavy atom. The summed E-state index contributed by atoms with van der Waals surface area (Å²) < 4.78 is 46.6. The van der Waals surface area contributed by atoms with Crippen LogP contribution in [-0.4, -0.2) is 74.0 Å². The molecule has 0 fully saturated rings. The highest BCUT2D eigenvalue weighted by atomic mass is 32.2. The number of anilines is 1. The van der Waals surface area contributed by atoms with Crippen LogP contribution < -0.4 is 14.8 Å². The molecule has 0 radical (unpaired) electrons. The Bertz CT molecular complexity index is 2550. The van der Waals surface area contributed by atoms with E-state index in [4.69, 9.17) is 19.1 Å². The number of hydrogen-bond donors (Lipinski definition) is 3. The molecule has 13 nitrogen and oxygen atoms in total. The lowest BCUT2D eigenvalue weighted by Crippen LogP contribution is -2.44. The fraction of sp³-hybridized carbons (Fsp3) is 0.255. The highest BCUT2D eigenvalue weighted by Crippen LogP contribution is 2.38. The van der Waals surface area contributed by atoms with Crippen molar-refractivity contribution in [1.29, 1.82) is 0 Å². The standard InChI is InChI=1S/C22H29NO2.C10H13NO2.C10H8O3S.C9H8O4/c1-5-21(24)25-22(18(2)17-23(3)4,20-14-10-7-11-15-20)16-19-12-8-6-9-13-19;1-3-13-10-6-4-9(5-7-10)11-8(2)12;11-14(12,13)10-6-5-8-3-1-2-4-9(8)7-10;1-6(10)13-8-5-3-2-4-7(8)9(11)12/h6-15,18H,5,16-17H2,1-4H3;4-7H,3H2,1-2H3,(H,11,12);1-7H,(H,11,12,13);2-5H,1H3,(H,11,12)/t18-,22+;;;/m1.../s1. The lowest BCUT2D eigenvalue weighted by molar-refractivity contribution is -0.168. The molecule has 344 valence electrons. The SMILES string of the molecule is CC(=O)Oc1ccccc1C(=O)O.CCC(=O)O[C@](Cc1ccccc1)(c1ccccc1)[C@H](C)CN(C)C.CCOc1ccc(NC(C)=O)cc1.O=S(=O)(O)c1ccc2ccccc2c1. The Morgan fingerprint density at radius 2 is 1.31 bits per heavy atom. The Kier molecular flexibility index (Phi) is 21.0. The van der Waals surface area contributed by atoms with Gasteiger partial charge in [0.2, 0.25) is 5.91 Å². The van der Waals surface area contributed by atoms with Gasteiger partial charge in [-0.05, 0) is 91.4 Å². The maximum Gasteiger partial charge on any atom is 0.339 e. The molecular weight excluding hydrogens is 849 g/mol. The first-order chi connectivity index (χ1) is 30.9. The molecule has 0 unspecified atom stereocenters. The number of benzene rings is 6. The van der Waals surface area contributed by atoms with Crippen molar-refractivity contribution in [3.8, 4) is 11.5 Å². The summed E-state index contributed by atoms with van der Waals surface area (Å²) in [5.74, 6) is -0.847. The van der Waals surface area contributed by atoms with Crippen LogP contribution in [0.3, 0.4) is 0 Å². The summed E-state index contributed by atoms with van der Waals surface area (Å²) in [6.07, 6.45) is 1.04. The average molecular weight is 907 g/mol. The van der Waals surface area contributed by atoms with Gasteiger partial charge in [-0.3, -0.25) is 18.9 Å². The molecule has 65 heavy (non-hydrogen) atoms. The van der Waals surface area contributed by atoms with Crippen molar-refractivity contribution in [3.05, 3.63) is 168 Å². The van der Waals surface area contributed by atoms with Gasteiger partial charge in [0.05, 0.1) is 11.5 Å². The van der Waals surface area contributed by atoms with Gasteiger partial charge in [-0.15, -0.1) is 0 Å². The molecule has 0 saturated carbocycles. The quantitative estimate of drug-likeness (QED) is 0.0535. The van der Waals surface area contributed by atoms with E-state index in [1.807, 2.05) is 92.7 Å². The van der Waals surface area contributed by atoms with Gasteiger partial charge in [-0.1, -0.05) is 117 Å². The number of hydrogen-bond acceptors (Lipinski definition) is 10. The molecule has 0 saturated heterocycles. The molecule has 0 bridgehead atoms. The second-order valence-electron chi connectivity index (χ2n) is 14.9. The topological polar surface area (TPSA) is 186 Å². The number of amides is 1. The summed E-state index contributed by atoms with van der Waals surface area (Å²) in [6, 6.07) is 45.5. The zero-order valence-electron chi connectivity index (χ0n) is 37.8. The van der Waals surface area contributed by atoms with Crippen LogP contribution in [0.5, 0.6) is 11.5 Å². The van der Waals surface area contributed by atoms with Gasteiger partial charge in [-0.25, -0.2) is 4.79 Å². The van der Waals surface area contributed by atoms with Crippen LogP contribution in [0.2, 0.25) is 0 Å². The van der Waals surface area contributed by atoms with Crippen LogP contribution in [-0.2, 0) is 41.3 Å². The molecule has 6 aromatic rings. The lowest BCUT2D eigenvalue weighted by atomic mass is 9.77. The monoisotopic (exact) mass is 906 g/mol. The second-order valence-corrected chi connectivity index (χ2v) is 16.3. The normalized spacial score (nSPS) is 12.0. The summed E-state index contributed by atoms with van der Waals surface area (Å²) in [6.45, 7) is 10.1. The molecule has 0 aliphatic carbocycles. The maximum absolute atomic E-state index is 12.3. The number of nitrogens with zero attached hydrogens (tertiary/aromatic N) is 1. The maximum atomic E-state index is 12.3. The number of aromatic carboxylic acids is 1. The van der Waals surface area contributed by atoms with Crippen molar-refractivity contribution in [1.82, 2.24) is 4.90 Å². The van der Waals surface area contributed by atoms with Crippen LogP contribution >= 0.6 is 0 Å². The number of esters is 2. The fourth-order valence-corrected chi connectivity index (χ4v) is 7.08. The number of carbonyl (C=O) groups excluding carboxylic acids is 3. The Balaban J connectivity index is 0.000000242. The molecular formula is C51H58N2O11S. The predicted octanol–water partition coefficient (Wildman–Crippen LogP) is 9.72. The van der Waals surface area contributed by atoms with E-state index in [1.165, 1.54) is 43.7 Å². The zero-order chi connectivity index (χ0) is 48.0. The molecule has 1 amide bonds. The number of ether oxygens (including phenoxy) is 3. The summed E-state index contributed by atoms with van der Waals surface area (Å²) in [4.78, 5) is 46.3. The van der Waals surface area contributed by atoms with Crippen LogP contribution in [0.4, 0.5) is 5.69 Å². The van der Waals surface area contributed by atoms with Crippen molar-refractivity contribution >= 4 is 50.4 Å². The number of fused-ring (bicyclic) bond motifs is 1. The zero-order valence-corrected chi connectivity index (χ0v) is 38.6. The number of para-hydroxylation sites is 1. The van der Waals surface area contributed by atoms with E-state index in [-0.39, 0.29) is 34.0 Å². The Labute approximate surface area is 381 Å². The van der Waals surface area contributed by atoms with Crippen molar-refractivity contribution < 1.29 is 51.5 Å². The molecule has 0 aliphatic heterocycles. The highest BCUT2D eigenvalue weighted by molar-refractivity contribution is 7.85. The summed E-state index contributed by atoms with van der Waals surface area (Å²) in [5, 5.41) is 13.1. The third kappa shape index (κ3) is 17.7. The van der Waals surface area contributed by atoms with E-state index < -0.39 is 27.7 Å². The van der Waals surface area contributed by atoms with Gasteiger partial charge in [0.25, 0.3) is 10.1 Å². The molecule has 3 N–H and O–H groups in total. The number of carboxylic acid groups (broad SMARTS) is 1. The first-order valence-electron chi connectivity index (χ1n) is 20.8. The van der Waals surface area contributed by atoms with Crippen molar-refractivity contribution in [2.75, 3.05) is 32.6 Å². The Hall–Kier alpha value is -6.87. The summed E-state index contributed by atoms with van der Waals surface area (Å²) in [5.41, 5.74) is 2.31. The number of rotatable bonds is 14. The summed E-state index contributed by atoms with van der Waals surface area (Å²) in [7, 11) is 0.00971. The highest BCUT2D eigenvalue weighted by Gasteiger charge is 2.42. The van der Waals surface area contributed by atoms with E-state index in [1.54, 1.807) is 24.3 Å². The van der Waals surface area contributed by atoms with Crippen LogP contribution in [0.25, 0.3) is 10.8 Å². The molecule has 2 atom stereocenters. The molecule has 0 spiro atoms. The minimum atomic E-state index is -4.09. The first kappa shape index (κ1) is 52.5. The number of carboxylic acids is 1. The molecule has 0 aliphatic rings. The molecule has 0 aromatic heterocycles. The van der Waals surface area contributed by atoms with Crippen LogP contribution in [0, 0.1) is 5.92 Å². The Morgan fingerprint density at radius 3 is 1.85 bits per heavy atom. The van der Waals surface area contributed by atoms with Crippen molar-refractivity contribution in [2.45, 2.75) is 58.0 Å². The van der Waals surface area contributed by atoms with Gasteiger partial charge in [0, 0.05) is 44.8 Å². The smallest absolute Gasteiger partial charge is 0.339 e. The summed E-state index contributed by atoms with van der Waals surface area (Å²) >= 11 is 0. The van der Waals surface area contributed by atoms with Gasteiger partial charge >= 0.3 is 17.9 Å². The van der Waals surface area contributed by atoms with Gasteiger partial charge < -0.3 is 29.5 Å². The van der Waals surface area contributed by atoms with E-state index in [2.05, 4.69) is 60.2 Å². The number of nitrogens with one attached hydrogen (secondary N) is 1. The minimum Gasteiger partial charge on any atom is -0.494 e. The van der Waals surface area contributed by atoms with Gasteiger partial charge in [0.1, 0.15) is 22.7 Å². The molecule has 6 rings (SSSR count). The van der Waals surface area contributed by atoms with E-state index in [0.29, 0.717) is 19.4 Å². The third-order valence-electron chi connectivity index (χ3n) is 9.47. The molecule has 0 heterocycles. The van der Waals surface area contributed by atoms with E-state index in [0.717, 1.165) is 34.3 Å². The molecule has 6 aromatic carbocycles. The largest absolute Gasteiger partial charge is 0.494 e. The number of carbonyl (C=O) groups is 4. The van der Waals surface area contributed by atoms with Crippen molar-refractivity contribution in [3.63, 3.8) is 0 Å². The van der Waals surface area contributed by atoms with Gasteiger partial charge in [0.15, 0.2) is 0 Å². The average Bonchev–Trinajstić information content (AvgIpc) is 3.27. The van der Waals surface area contributed by atoms with E-state index >= 15 is 0 Å². The van der Waals surface area contributed by atoms with Gasteiger partial charge in [-0.2, -0.15) is 8.42 Å². The minimum absolute atomic E-state index is 0.0160. The fourth-order valence-electron chi connectivity index (χ4n) is 6.57. The van der Waals surface area contributed by atoms with Crippen molar-refractivity contribution in [2.24, 2.45) is 5.92 Å².